The Hall–Kier alpha value is -0.630. The summed E-state index contributed by atoms with van der Waals surface area (Å²) < 4.78 is 10.1. The quantitative estimate of drug-likeness (QED) is 0.302. The van der Waals surface area contributed by atoms with Crippen molar-refractivity contribution < 1.29 is 58.5 Å². The first-order valence-electron chi connectivity index (χ1n) is 8.07. The minimum atomic E-state index is -1.05. The van der Waals surface area contributed by atoms with Gasteiger partial charge in [-0.3, -0.25) is 9.59 Å². The summed E-state index contributed by atoms with van der Waals surface area (Å²) in [6.07, 6.45) is 1.24. The number of carbonyl (C=O) groups excluding carboxylic acids is 3. The van der Waals surface area contributed by atoms with Gasteiger partial charge < -0.3 is 25.1 Å². The summed E-state index contributed by atoms with van der Waals surface area (Å²) in [4.78, 5) is 34.3. The van der Waals surface area contributed by atoms with Crippen molar-refractivity contribution in [2.45, 2.75) is 65.2 Å². The van der Waals surface area contributed by atoms with Crippen LogP contribution in [0.2, 0.25) is 0 Å². The standard InChI is InChI=1S/C16H27NO6.Na/c1-9(2)8-13(18)22-10(3)23-16(21)14(17)11-4-6-12(7-5-11)15(19)20;/h9-12,14H,4-8,17H2,1-3H3,(H,19,20);/q;+1/p-1/t10?,11-,12-,14?;. The third-order valence-electron chi connectivity index (χ3n) is 4.04. The van der Waals surface area contributed by atoms with Crippen LogP contribution < -0.4 is 40.4 Å². The van der Waals surface area contributed by atoms with Gasteiger partial charge in [-0.15, -0.1) is 0 Å². The number of carboxylic acid groups (broad SMARTS) is 1. The Bertz CT molecular complexity index is 434. The van der Waals surface area contributed by atoms with Crippen molar-refractivity contribution >= 4 is 17.9 Å². The predicted octanol–water partition coefficient (Wildman–Crippen LogP) is -2.65. The van der Waals surface area contributed by atoms with E-state index in [-0.39, 0.29) is 47.8 Å². The molecule has 0 aromatic heterocycles. The van der Waals surface area contributed by atoms with Crippen LogP contribution in [0.3, 0.4) is 0 Å². The molecular formula is C16H26NNaO6. The van der Waals surface area contributed by atoms with Gasteiger partial charge in [0, 0.05) is 19.3 Å². The number of hydrogen-bond acceptors (Lipinski definition) is 7. The maximum Gasteiger partial charge on any atom is 1.00 e. The normalized spacial score (nSPS) is 22.9. The fraction of sp³-hybridized carbons (Fsp3) is 0.812. The Labute approximate surface area is 164 Å². The molecule has 1 aliphatic rings. The van der Waals surface area contributed by atoms with Gasteiger partial charge in [0.2, 0.25) is 6.29 Å². The molecule has 1 fully saturated rings. The van der Waals surface area contributed by atoms with Crippen molar-refractivity contribution in [1.82, 2.24) is 0 Å². The van der Waals surface area contributed by atoms with Crippen molar-refractivity contribution in [2.24, 2.45) is 23.5 Å². The molecule has 1 saturated carbocycles. The van der Waals surface area contributed by atoms with Crippen LogP contribution in [0.25, 0.3) is 0 Å². The predicted molar refractivity (Wildman–Crippen MR) is 79.5 cm³/mol. The zero-order chi connectivity index (χ0) is 17.6. The van der Waals surface area contributed by atoms with Crippen LogP contribution in [0.1, 0.15) is 52.9 Å². The summed E-state index contributed by atoms with van der Waals surface area (Å²) in [5, 5.41) is 10.8. The third kappa shape index (κ3) is 7.96. The van der Waals surface area contributed by atoms with Crippen molar-refractivity contribution in [2.75, 3.05) is 0 Å². The minimum Gasteiger partial charge on any atom is -0.550 e. The largest absolute Gasteiger partial charge is 1.00 e. The van der Waals surface area contributed by atoms with Gasteiger partial charge in [-0.25, -0.2) is 0 Å². The molecule has 1 rings (SSSR count). The molecule has 2 unspecified atom stereocenters. The van der Waals surface area contributed by atoms with Gasteiger partial charge in [-0.1, -0.05) is 13.8 Å². The van der Waals surface area contributed by atoms with Crippen LogP contribution >= 0.6 is 0 Å². The molecule has 24 heavy (non-hydrogen) atoms. The zero-order valence-electron chi connectivity index (χ0n) is 14.9. The van der Waals surface area contributed by atoms with Crippen molar-refractivity contribution in [3.8, 4) is 0 Å². The van der Waals surface area contributed by atoms with Crippen molar-refractivity contribution in [3.63, 3.8) is 0 Å². The fourth-order valence-electron chi connectivity index (χ4n) is 2.74. The van der Waals surface area contributed by atoms with Gasteiger partial charge in [0.15, 0.2) is 0 Å². The monoisotopic (exact) mass is 351 g/mol. The maximum atomic E-state index is 12.0. The molecule has 0 spiro atoms. The molecule has 0 saturated heterocycles. The summed E-state index contributed by atoms with van der Waals surface area (Å²) in [7, 11) is 0. The van der Waals surface area contributed by atoms with Gasteiger partial charge in [0.1, 0.15) is 6.04 Å². The molecule has 0 heterocycles. The van der Waals surface area contributed by atoms with Gasteiger partial charge in [0.25, 0.3) is 0 Å². The minimum absolute atomic E-state index is 0. The molecule has 132 valence electrons. The SMILES string of the molecule is CC(C)CC(=O)OC(C)OC(=O)C(N)[C@H]1CC[C@H](C(=O)[O-])CC1.[Na+]. The number of rotatable bonds is 7. The number of hydrogen-bond donors (Lipinski definition) is 1. The molecular weight excluding hydrogens is 325 g/mol. The first kappa shape index (κ1) is 23.4. The van der Waals surface area contributed by atoms with E-state index >= 15 is 0 Å². The van der Waals surface area contributed by atoms with E-state index in [4.69, 9.17) is 15.2 Å². The molecule has 2 N–H and O–H groups in total. The topological polar surface area (TPSA) is 119 Å². The molecule has 8 heteroatoms. The van der Waals surface area contributed by atoms with Crippen LogP contribution in [-0.4, -0.2) is 30.2 Å². The van der Waals surface area contributed by atoms with Crippen LogP contribution in [0.4, 0.5) is 0 Å². The Morgan fingerprint density at radius 3 is 2.08 bits per heavy atom. The first-order valence-corrected chi connectivity index (χ1v) is 8.07. The summed E-state index contributed by atoms with van der Waals surface area (Å²) >= 11 is 0. The Balaban J connectivity index is 0.00000529. The van der Waals surface area contributed by atoms with E-state index in [0.717, 1.165) is 0 Å². The van der Waals surface area contributed by atoms with E-state index in [0.29, 0.717) is 25.7 Å². The van der Waals surface area contributed by atoms with E-state index in [1.165, 1.54) is 6.92 Å². The third-order valence-corrected chi connectivity index (χ3v) is 4.04. The zero-order valence-corrected chi connectivity index (χ0v) is 16.9. The second-order valence-corrected chi connectivity index (χ2v) is 6.55. The molecule has 0 radical (unpaired) electrons. The molecule has 0 aromatic rings. The van der Waals surface area contributed by atoms with E-state index in [2.05, 4.69) is 0 Å². The number of carbonyl (C=O) groups is 3. The van der Waals surface area contributed by atoms with E-state index in [1.54, 1.807) is 0 Å². The Kier molecular flexibility index (Phi) is 10.8. The second kappa shape index (κ2) is 11.1. The van der Waals surface area contributed by atoms with Crippen LogP contribution in [0.5, 0.6) is 0 Å². The number of ether oxygens (including phenoxy) is 2. The van der Waals surface area contributed by atoms with Crippen LogP contribution in [-0.2, 0) is 23.9 Å². The molecule has 0 amide bonds. The van der Waals surface area contributed by atoms with Crippen molar-refractivity contribution in [3.05, 3.63) is 0 Å². The van der Waals surface area contributed by atoms with Crippen LogP contribution in [0, 0.1) is 17.8 Å². The molecule has 2 atom stereocenters. The summed E-state index contributed by atoms with van der Waals surface area (Å²) in [6, 6.07) is -0.844. The van der Waals surface area contributed by atoms with Crippen molar-refractivity contribution in [1.29, 1.82) is 0 Å². The average molecular weight is 351 g/mol. The Morgan fingerprint density at radius 2 is 1.62 bits per heavy atom. The Morgan fingerprint density at radius 1 is 1.08 bits per heavy atom. The summed E-state index contributed by atoms with van der Waals surface area (Å²) in [6.45, 7) is 5.24. The first-order chi connectivity index (χ1) is 10.7. The van der Waals surface area contributed by atoms with E-state index < -0.39 is 36.2 Å². The number of nitrogens with two attached hydrogens (primary N) is 1. The molecule has 1 aliphatic carbocycles. The molecule has 7 nitrogen and oxygen atoms in total. The maximum absolute atomic E-state index is 12.0. The number of esters is 2. The second-order valence-electron chi connectivity index (χ2n) is 6.55. The van der Waals surface area contributed by atoms with Gasteiger partial charge >= 0.3 is 41.5 Å². The molecule has 0 aromatic carbocycles. The molecule has 0 bridgehead atoms. The van der Waals surface area contributed by atoms with Gasteiger partial charge in [0.05, 0.1) is 0 Å². The molecule has 0 aliphatic heterocycles. The average Bonchev–Trinajstić information content (AvgIpc) is 2.45. The van der Waals surface area contributed by atoms with Gasteiger partial charge in [-0.05, 0) is 43.4 Å². The van der Waals surface area contributed by atoms with E-state index in [1.807, 2.05) is 13.8 Å². The number of aliphatic carboxylic acids is 1. The smallest absolute Gasteiger partial charge is 0.550 e. The van der Waals surface area contributed by atoms with E-state index in [9.17, 15) is 19.5 Å². The summed E-state index contributed by atoms with van der Waals surface area (Å²) in [5.41, 5.74) is 5.90. The summed E-state index contributed by atoms with van der Waals surface area (Å²) in [5.74, 6) is -2.55. The number of carboxylic acids is 1. The fourth-order valence-corrected chi connectivity index (χ4v) is 2.74. The van der Waals surface area contributed by atoms with Crippen LogP contribution in [0.15, 0.2) is 0 Å². The van der Waals surface area contributed by atoms with Gasteiger partial charge in [-0.2, -0.15) is 0 Å².